The number of halogens is 1. The maximum Gasteiger partial charge on any atom is 0.228 e. The minimum Gasteiger partial charge on any atom is -0.486 e. The molecule has 4 aliphatic rings. The molecule has 3 heterocycles. The normalized spacial score (nSPS) is 26.0. The summed E-state index contributed by atoms with van der Waals surface area (Å²) in [5, 5.41) is 3.23. The molecular weight excluding hydrogens is 352 g/mol. The molecule has 0 bridgehead atoms. The van der Waals surface area contributed by atoms with Gasteiger partial charge in [0.05, 0.1) is 12.0 Å². The van der Waals surface area contributed by atoms with E-state index in [2.05, 4.69) is 29.3 Å². The van der Waals surface area contributed by atoms with Crippen LogP contribution in [0.5, 0.6) is 11.5 Å². The van der Waals surface area contributed by atoms with Gasteiger partial charge < -0.3 is 19.7 Å². The second-order valence-corrected chi connectivity index (χ2v) is 8.07. The van der Waals surface area contributed by atoms with E-state index in [1.807, 2.05) is 0 Å². The third kappa shape index (κ3) is 2.59. The molecule has 1 aliphatic carbocycles. The highest BCUT2D eigenvalue weighted by Gasteiger charge is 2.47. The lowest BCUT2D eigenvalue weighted by Crippen LogP contribution is -2.56. The van der Waals surface area contributed by atoms with Crippen molar-refractivity contribution in [1.29, 1.82) is 0 Å². The van der Waals surface area contributed by atoms with Crippen molar-refractivity contribution in [3.8, 4) is 11.5 Å². The average molecular weight is 379 g/mol. The lowest BCUT2D eigenvalue weighted by molar-refractivity contribution is -0.141. The topological polar surface area (TPSA) is 50.8 Å². The van der Waals surface area contributed by atoms with E-state index in [1.165, 1.54) is 36.8 Å². The van der Waals surface area contributed by atoms with Gasteiger partial charge in [0.2, 0.25) is 5.91 Å². The van der Waals surface area contributed by atoms with Gasteiger partial charge in [-0.25, -0.2) is 0 Å². The Bertz CT molecular complexity index is 713. The Kier molecular flexibility index (Phi) is 4.56. The summed E-state index contributed by atoms with van der Waals surface area (Å²) in [7, 11) is 0. The van der Waals surface area contributed by atoms with Gasteiger partial charge in [0, 0.05) is 25.0 Å². The molecule has 5 rings (SSSR count). The summed E-state index contributed by atoms with van der Waals surface area (Å²) in [5.41, 5.74) is 2.76. The predicted octanol–water partition coefficient (Wildman–Crippen LogP) is 2.81. The molecule has 142 valence electrons. The molecule has 3 aliphatic heterocycles. The lowest BCUT2D eigenvalue weighted by Gasteiger charge is -2.48. The monoisotopic (exact) mass is 378 g/mol. The molecule has 1 saturated carbocycles. The highest BCUT2D eigenvalue weighted by Crippen LogP contribution is 2.52. The molecule has 1 N–H and O–H groups in total. The first-order chi connectivity index (χ1) is 12.2. The van der Waals surface area contributed by atoms with Crippen LogP contribution in [0.1, 0.15) is 49.8 Å². The lowest BCUT2D eigenvalue weighted by atomic mass is 9.71. The number of hydrogen-bond donors (Lipinski definition) is 1. The fourth-order valence-corrected chi connectivity index (χ4v) is 5.07. The van der Waals surface area contributed by atoms with E-state index in [9.17, 15) is 4.79 Å². The molecule has 0 aromatic heterocycles. The van der Waals surface area contributed by atoms with Crippen LogP contribution in [0, 0.1) is 5.92 Å². The maximum atomic E-state index is 13.1. The number of carbonyl (C=O) groups is 1. The highest BCUT2D eigenvalue weighted by molar-refractivity contribution is 5.85. The zero-order valence-corrected chi connectivity index (χ0v) is 16.1. The standard InChI is InChI=1S/C20H26N2O3.ClH/c1-13-15-8-17-18(25-7-6-24-17)9-16(15)20(4-2-3-5-20)12-22(13)19(23)14-10-21-11-14;/h8-9,13-14,21H,2-7,10-12H2,1H3;1H. The van der Waals surface area contributed by atoms with Crippen molar-refractivity contribution in [1.82, 2.24) is 10.2 Å². The number of amides is 1. The summed E-state index contributed by atoms with van der Waals surface area (Å²) in [4.78, 5) is 15.2. The minimum absolute atomic E-state index is 0. The van der Waals surface area contributed by atoms with E-state index >= 15 is 0 Å². The van der Waals surface area contributed by atoms with Crippen LogP contribution in [0.4, 0.5) is 0 Å². The fourth-order valence-electron chi connectivity index (χ4n) is 5.07. The van der Waals surface area contributed by atoms with Crippen molar-refractivity contribution in [3.05, 3.63) is 23.3 Å². The predicted molar refractivity (Wildman–Crippen MR) is 101 cm³/mol. The molecule has 26 heavy (non-hydrogen) atoms. The summed E-state index contributed by atoms with van der Waals surface area (Å²) >= 11 is 0. The molecule has 1 spiro atoms. The number of benzene rings is 1. The number of carbonyl (C=O) groups excluding carboxylic acids is 1. The van der Waals surface area contributed by atoms with Crippen LogP contribution < -0.4 is 14.8 Å². The Morgan fingerprint density at radius 3 is 2.42 bits per heavy atom. The van der Waals surface area contributed by atoms with Gasteiger partial charge in [-0.3, -0.25) is 4.79 Å². The van der Waals surface area contributed by atoms with Gasteiger partial charge in [0.25, 0.3) is 0 Å². The van der Waals surface area contributed by atoms with E-state index in [1.54, 1.807) is 0 Å². The van der Waals surface area contributed by atoms with Crippen LogP contribution in [0.25, 0.3) is 0 Å². The quantitative estimate of drug-likeness (QED) is 0.816. The van der Waals surface area contributed by atoms with E-state index in [4.69, 9.17) is 9.47 Å². The molecular formula is C20H27ClN2O3. The van der Waals surface area contributed by atoms with Crippen molar-refractivity contribution in [3.63, 3.8) is 0 Å². The van der Waals surface area contributed by atoms with E-state index in [0.717, 1.165) is 31.1 Å². The number of hydrogen-bond acceptors (Lipinski definition) is 4. The zero-order chi connectivity index (χ0) is 17.0. The SMILES string of the molecule is CC1c2cc3c(cc2C2(CCCC2)CN1C(=O)C1CNC1)OCCO3.Cl. The van der Waals surface area contributed by atoms with Gasteiger partial charge in [0.15, 0.2) is 11.5 Å². The number of fused-ring (bicyclic) bond motifs is 3. The number of ether oxygens (including phenoxy) is 2. The summed E-state index contributed by atoms with van der Waals surface area (Å²) in [5.74, 6) is 2.19. The number of nitrogens with zero attached hydrogens (tertiary/aromatic N) is 1. The maximum absolute atomic E-state index is 13.1. The Morgan fingerprint density at radius 1 is 1.15 bits per heavy atom. The Balaban J connectivity index is 0.00000168. The largest absolute Gasteiger partial charge is 0.486 e. The van der Waals surface area contributed by atoms with Crippen LogP contribution >= 0.6 is 12.4 Å². The average Bonchev–Trinajstić information content (AvgIpc) is 3.05. The van der Waals surface area contributed by atoms with Gasteiger partial charge in [-0.2, -0.15) is 0 Å². The first-order valence-corrected chi connectivity index (χ1v) is 9.63. The molecule has 0 radical (unpaired) electrons. The Hall–Kier alpha value is -1.46. The van der Waals surface area contributed by atoms with Crippen molar-refractivity contribution in [2.75, 3.05) is 32.8 Å². The summed E-state index contributed by atoms with van der Waals surface area (Å²) in [6.45, 7) is 5.89. The fraction of sp³-hybridized carbons (Fsp3) is 0.650. The van der Waals surface area contributed by atoms with Gasteiger partial charge in [-0.1, -0.05) is 12.8 Å². The van der Waals surface area contributed by atoms with Gasteiger partial charge >= 0.3 is 0 Å². The summed E-state index contributed by atoms with van der Waals surface area (Å²) in [6.07, 6.45) is 4.82. The smallest absolute Gasteiger partial charge is 0.228 e. The van der Waals surface area contributed by atoms with Crippen molar-refractivity contribution < 1.29 is 14.3 Å². The van der Waals surface area contributed by atoms with Crippen molar-refractivity contribution >= 4 is 18.3 Å². The summed E-state index contributed by atoms with van der Waals surface area (Å²) in [6, 6.07) is 4.47. The van der Waals surface area contributed by atoms with Crippen LogP contribution in [0.15, 0.2) is 12.1 Å². The van der Waals surface area contributed by atoms with Crippen LogP contribution in [0.3, 0.4) is 0 Å². The van der Waals surface area contributed by atoms with Gasteiger partial charge in [-0.15, -0.1) is 12.4 Å². The zero-order valence-electron chi connectivity index (χ0n) is 15.3. The minimum atomic E-state index is 0. The second-order valence-electron chi connectivity index (χ2n) is 8.07. The molecule has 6 heteroatoms. The van der Waals surface area contributed by atoms with Crippen molar-refractivity contribution in [2.24, 2.45) is 5.92 Å². The van der Waals surface area contributed by atoms with E-state index in [-0.39, 0.29) is 29.8 Å². The Labute approximate surface area is 160 Å². The third-order valence-corrected chi connectivity index (χ3v) is 6.65. The second kappa shape index (κ2) is 6.61. The van der Waals surface area contributed by atoms with E-state index in [0.29, 0.717) is 19.1 Å². The molecule has 1 atom stereocenters. The van der Waals surface area contributed by atoms with Crippen LogP contribution in [-0.4, -0.2) is 43.7 Å². The molecule has 1 aromatic carbocycles. The molecule has 1 aromatic rings. The first-order valence-electron chi connectivity index (χ1n) is 9.63. The first kappa shape index (κ1) is 17.9. The van der Waals surface area contributed by atoms with Crippen molar-refractivity contribution in [2.45, 2.75) is 44.1 Å². The molecule has 1 unspecified atom stereocenters. The number of rotatable bonds is 1. The molecule has 5 nitrogen and oxygen atoms in total. The van der Waals surface area contributed by atoms with Gasteiger partial charge in [0.1, 0.15) is 13.2 Å². The van der Waals surface area contributed by atoms with Gasteiger partial charge in [-0.05, 0) is 43.0 Å². The highest BCUT2D eigenvalue weighted by atomic mass is 35.5. The van der Waals surface area contributed by atoms with E-state index < -0.39 is 0 Å². The third-order valence-electron chi connectivity index (χ3n) is 6.65. The molecule has 1 amide bonds. The summed E-state index contributed by atoms with van der Waals surface area (Å²) < 4.78 is 11.7. The van der Waals surface area contributed by atoms with Crippen LogP contribution in [-0.2, 0) is 10.2 Å². The van der Waals surface area contributed by atoms with Crippen LogP contribution in [0.2, 0.25) is 0 Å². The number of nitrogens with one attached hydrogen (secondary N) is 1. The molecule has 1 saturated heterocycles. The Morgan fingerprint density at radius 2 is 1.81 bits per heavy atom. The molecule has 2 fully saturated rings.